The number of carboxylic acids is 1. The molecule has 1 atom stereocenters. The molecule has 0 radical (unpaired) electrons. The number of hydrogen-bond donors (Lipinski definition) is 2. The molecule has 0 aliphatic heterocycles. The minimum atomic E-state index is -0.914. The molecular weight excluding hydrogens is 310 g/mol. The zero-order valence-corrected chi connectivity index (χ0v) is 12.2. The van der Waals surface area contributed by atoms with Crippen molar-refractivity contribution in [2.45, 2.75) is 25.8 Å². The predicted molar refractivity (Wildman–Crippen MR) is 77.7 cm³/mol. The molecule has 2 N–H and O–H groups in total. The van der Waals surface area contributed by atoms with E-state index in [0.29, 0.717) is 6.42 Å². The van der Waals surface area contributed by atoms with Gasteiger partial charge in [-0.2, -0.15) is 0 Å². The average Bonchev–Trinajstić information content (AvgIpc) is 2.35. The molecule has 0 heterocycles. The number of benzene rings is 1. The molecule has 4 nitrogen and oxygen atoms in total. The predicted octanol–water partition coefficient (Wildman–Crippen LogP) is 2.83. The van der Waals surface area contributed by atoms with Crippen LogP contribution in [0.25, 0.3) is 6.08 Å². The number of rotatable bonds is 6. The second kappa shape index (κ2) is 7.74. The monoisotopic (exact) mass is 325 g/mol. The van der Waals surface area contributed by atoms with Crippen LogP contribution in [0.2, 0.25) is 0 Å². The van der Waals surface area contributed by atoms with Crippen molar-refractivity contribution in [1.29, 1.82) is 0 Å². The number of halogens is 1. The maximum absolute atomic E-state index is 11.6. The normalized spacial score (nSPS) is 12.3. The van der Waals surface area contributed by atoms with E-state index >= 15 is 0 Å². The summed E-state index contributed by atoms with van der Waals surface area (Å²) >= 11 is 3.35. The third-order valence-electron chi connectivity index (χ3n) is 2.54. The lowest BCUT2D eigenvalue weighted by Crippen LogP contribution is -2.34. The van der Waals surface area contributed by atoms with Gasteiger partial charge in [-0.3, -0.25) is 9.59 Å². The van der Waals surface area contributed by atoms with Crippen molar-refractivity contribution in [3.8, 4) is 0 Å². The van der Waals surface area contributed by atoms with Gasteiger partial charge >= 0.3 is 5.97 Å². The molecule has 0 aromatic heterocycles. The van der Waals surface area contributed by atoms with Crippen molar-refractivity contribution in [2.75, 3.05) is 0 Å². The van der Waals surface area contributed by atoms with Crippen LogP contribution >= 0.6 is 15.9 Å². The molecule has 1 amide bonds. The van der Waals surface area contributed by atoms with Gasteiger partial charge in [0.15, 0.2) is 0 Å². The molecule has 0 bridgehead atoms. The molecule has 0 fully saturated rings. The first-order valence-electron chi connectivity index (χ1n) is 5.97. The number of nitrogens with one attached hydrogen (secondary N) is 1. The molecule has 1 unspecified atom stereocenters. The van der Waals surface area contributed by atoms with E-state index in [2.05, 4.69) is 21.2 Å². The maximum atomic E-state index is 11.6. The average molecular weight is 326 g/mol. The summed E-state index contributed by atoms with van der Waals surface area (Å²) < 4.78 is 0.937. The van der Waals surface area contributed by atoms with Crippen molar-refractivity contribution < 1.29 is 14.7 Å². The Morgan fingerprint density at radius 3 is 2.79 bits per heavy atom. The van der Waals surface area contributed by atoms with Crippen LogP contribution in [0.1, 0.15) is 25.3 Å². The second-order valence-corrected chi connectivity index (χ2v) is 5.02. The van der Waals surface area contributed by atoms with Crippen LogP contribution in [0, 0.1) is 0 Å². The van der Waals surface area contributed by atoms with Crippen molar-refractivity contribution in [3.63, 3.8) is 0 Å². The summed E-state index contributed by atoms with van der Waals surface area (Å²) in [6.07, 6.45) is 3.62. The highest BCUT2D eigenvalue weighted by Crippen LogP contribution is 2.12. The molecule has 0 aliphatic rings. The number of carbonyl (C=O) groups is 2. The van der Waals surface area contributed by atoms with Gasteiger partial charge in [-0.15, -0.1) is 0 Å². The Morgan fingerprint density at radius 1 is 1.47 bits per heavy atom. The first-order chi connectivity index (χ1) is 9.01. The quantitative estimate of drug-likeness (QED) is 0.790. The molecule has 0 saturated carbocycles. The molecular formula is C14H16BrNO3. The highest BCUT2D eigenvalue weighted by atomic mass is 79.9. The van der Waals surface area contributed by atoms with E-state index in [9.17, 15) is 9.59 Å². The van der Waals surface area contributed by atoms with E-state index in [1.807, 2.05) is 31.2 Å². The summed E-state index contributed by atoms with van der Waals surface area (Å²) in [6, 6.07) is 7.21. The number of aliphatic carboxylic acids is 1. The fraction of sp³-hybridized carbons (Fsp3) is 0.286. The van der Waals surface area contributed by atoms with E-state index in [-0.39, 0.29) is 18.4 Å². The summed E-state index contributed by atoms with van der Waals surface area (Å²) in [5.41, 5.74) is 0.899. The van der Waals surface area contributed by atoms with Gasteiger partial charge in [0.1, 0.15) is 0 Å². The van der Waals surface area contributed by atoms with Gasteiger partial charge in [0.2, 0.25) is 5.91 Å². The van der Waals surface area contributed by atoms with Crippen molar-refractivity contribution in [2.24, 2.45) is 0 Å². The minimum Gasteiger partial charge on any atom is -0.481 e. The Hall–Kier alpha value is -1.62. The van der Waals surface area contributed by atoms with Gasteiger partial charge in [0.25, 0.3) is 0 Å². The lowest BCUT2D eigenvalue weighted by molar-refractivity contribution is -0.137. The van der Waals surface area contributed by atoms with Crippen LogP contribution in [0.5, 0.6) is 0 Å². The largest absolute Gasteiger partial charge is 0.481 e. The van der Waals surface area contributed by atoms with Gasteiger partial charge in [0, 0.05) is 16.6 Å². The van der Waals surface area contributed by atoms with E-state index in [4.69, 9.17) is 5.11 Å². The molecule has 1 aromatic rings. The molecule has 19 heavy (non-hydrogen) atoms. The van der Waals surface area contributed by atoms with Crippen molar-refractivity contribution >= 4 is 33.9 Å². The summed E-state index contributed by atoms with van der Waals surface area (Å²) in [6.45, 7) is 1.84. The topological polar surface area (TPSA) is 66.4 Å². The Labute approximate surface area is 120 Å². The fourth-order valence-electron chi connectivity index (χ4n) is 1.54. The van der Waals surface area contributed by atoms with E-state index in [0.717, 1.165) is 10.0 Å². The Balaban J connectivity index is 2.56. The zero-order chi connectivity index (χ0) is 14.3. The van der Waals surface area contributed by atoms with Crippen molar-refractivity contribution in [3.05, 3.63) is 40.4 Å². The van der Waals surface area contributed by atoms with Crippen LogP contribution in [-0.2, 0) is 9.59 Å². The lowest BCUT2D eigenvalue weighted by Gasteiger charge is -2.12. The summed E-state index contributed by atoms with van der Waals surface area (Å²) in [4.78, 5) is 22.2. The van der Waals surface area contributed by atoms with E-state index in [1.54, 1.807) is 6.08 Å². The first-order valence-corrected chi connectivity index (χ1v) is 6.76. The lowest BCUT2D eigenvalue weighted by atomic mass is 10.1. The van der Waals surface area contributed by atoms with Crippen LogP contribution in [0.15, 0.2) is 34.8 Å². The Morgan fingerprint density at radius 2 is 2.21 bits per heavy atom. The van der Waals surface area contributed by atoms with E-state index < -0.39 is 5.97 Å². The van der Waals surface area contributed by atoms with Crippen LogP contribution in [0.4, 0.5) is 0 Å². The highest BCUT2D eigenvalue weighted by Gasteiger charge is 2.12. The molecule has 0 saturated heterocycles. The summed E-state index contributed by atoms with van der Waals surface area (Å²) in [5, 5.41) is 11.4. The van der Waals surface area contributed by atoms with Gasteiger partial charge < -0.3 is 10.4 Å². The number of carbonyl (C=O) groups excluding carboxylic acids is 1. The number of amides is 1. The fourth-order valence-corrected chi connectivity index (χ4v) is 1.96. The van der Waals surface area contributed by atoms with E-state index in [1.165, 1.54) is 6.08 Å². The minimum absolute atomic E-state index is 0.0625. The Bertz CT molecular complexity index is 485. The first kappa shape index (κ1) is 15.4. The van der Waals surface area contributed by atoms with Crippen molar-refractivity contribution in [1.82, 2.24) is 5.32 Å². The van der Waals surface area contributed by atoms with Gasteiger partial charge in [-0.05, 0) is 30.2 Å². The Kier molecular flexibility index (Phi) is 6.29. The third-order valence-corrected chi connectivity index (χ3v) is 3.03. The molecule has 0 aliphatic carbocycles. The highest BCUT2D eigenvalue weighted by molar-refractivity contribution is 9.10. The SMILES string of the molecule is CCC(CC(=O)O)NC(=O)/C=C/c1cccc(Br)c1. The van der Waals surface area contributed by atoms with Crippen LogP contribution in [-0.4, -0.2) is 23.0 Å². The van der Waals surface area contributed by atoms with Gasteiger partial charge in [-0.1, -0.05) is 35.0 Å². The molecule has 0 spiro atoms. The van der Waals surface area contributed by atoms with Gasteiger partial charge in [-0.25, -0.2) is 0 Å². The maximum Gasteiger partial charge on any atom is 0.305 e. The molecule has 5 heteroatoms. The summed E-state index contributed by atoms with van der Waals surface area (Å²) in [5.74, 6) is -1.20. The molecule has 1 rings (SSSR count). The number of hydrogen-bond acceptors (Lipinski definition) is 2. The second-order valence-electron chi connectivity index (χ2n) is 4.10. The molecule has 1 aromatic carbocycles. The van der Waals surface area contributed by atoms with Crippen LogP contribution in [0.3, 0.4) is 0 Å². The van der Waals surface area contributed by atoms with Crippen LogP contribution < -0.4 is 5.32 Å². The standard InChI is InChI=1S/C14H16BrNO3/c1-2-12(9-14(18)19)16-13(17)7-6-10-4-3-5-11(15)8-10/h3-8,12H,2,9H2,1H3,(H,16,17)(H,18,19)/b7-6+. The molecule has 102 valence electrons. The number of carboxylic acid groups (broad SMARTS) is 1. The summed E-state index contributed by atoms with van der Waals surface area (Å²) in [7, 11) is 0. The van der Waals surface area contributed by atoms with Gasteiger partial charge in [0.05, 0.1) is 6.42 Å². The third kappa shape index (κ3) is 6.20. The smallest absolute Gasteiger partial charge is 0.305 e. The zero-order valence-electron chi connectivity index (χ0n) is 10.6.